The van der Waals surface area contributed by atoms with Crippen LogP contribution in [0.2, 0.25) is 0 Å². The molecule has 2 aliphatic heterocycles. The highest BCUT2D eigenvalue weighted by molar-refractivity contribution is 7.97. The zero-order chi connectivity index (χ0) is 7.03. The second kappa shape index (κ2) is 2.40. The smallest absolute Gasteiger partial charge is 0.0164 e. The molecule has 3 heteroatoms. The predicted molar refractivity (Wildman–Crippen MR) is 45.0 cm³/mol. The largest absolute Gasteiger partial charge is 0.316 e. The molecule has 2 aliphatic rings. The average Bonchev–Trinajstić information content (AvgIpc) is 2.46. The first-order valence-corrected chi connectivity index (χ1v) is 4.80. The summed E-state index contributed by atoms with van der Waals surface area (Å²) in [6, 6.07) is 0. The van der Waals surface area contributed by atoms with E-state index >= 15 is 0 Å². The van der Waals surface area contributed by atoms with E-state index in [9.17, 15) is 0 Å². The molecule has 1 N–H and O–H groups in total. The van der Waals surface area contributed by atoms with Crippen LogP contribution in [0.4, 0.5) is 0 Å². The van der Waals surface area contributed by atoms with Crippen LogP contribution in [0.5, 0.6) is 0 Å². The Morgan fingerprint density at radius 1 is 1.60 bits per heavy atom. The zero-order valence-corrected chi connectivity index (χ0v) is 7.21. The van der Waals surface area contributed by atoms with Crippen LogP contribution in [-0.2, 0) is 0 Å². The van der Waals surface area contributed by atoms with Gasteiger partial charge in [-0.3, -0.25) is 4.31 Å². The van der Waals surface area contributed by atoms with Crippen LogP contribution < -0.4 is 5.32 Å². The number of nitrogens with one attached hydrogen (secondary N) is 1. The minimum atomic E-state index is 0.638. The van der Waals surface area contributed by atoms with Crippen molar-refractivity contribution in [1.82, 2.24) is 9.62 Å². The number of hydrogen-bond donors (Lipinski definition) is 1. The van der Waals surface area contributed by atoms with E-state index in [1.807, 2.05) is 11.9 Å². The van der Waals surface area contributed by atoms with Crippen molar-refractivity contribution in [2.45, 2.75) is 6.42 Å². The van der Waals surface area contributed by atoms with Crippen molar-refractivity contribution < 1.29 is 0 Å². The molecule has 0 saturated carbocycles. The van der Waals surface area contributed by atoms with Gasteiger partial charge in [-0.25, -0.2) is 0 Å². The van der Waals surface area contributed by atoms with Gasteiger partial charge in [0.1, 0.15) is 0 Å². The van der Waals surface area contributed by atoms with Crippen molar-refractivity contribution in [1.29, 1.82) is 0 Å². The van der Waals surface area contributed by atoms with E-state index in [4.69, 9.17) is 0 Å². The molecule has 1 atom stereocenters. The highest BCUT2D eigenvalue weighted by Crippen LogP contribution is 2.38. The van der Waals surface area contributed by atoms with Crippen molar-refractivity contribution in [3.8, 4) is 0 Å². The van der Waals surface area contributed by atoms with E-state index in [0.717, 1.165) is 0 Å². The van der Waals surface area contributed by atoms with Crippen LogP contribution in [0.15, 0.2) is 0 Å². The molecule has 0 amide bonds. The lowest BCUT2D eigenvalue weighted by Gasteiger charge is -2.19. The van der Waals surface area contributed by atoms with Crippen molar-refractivity contribution in [3.05, 3.63) is 0 Å². The molecule has 0 bridgehead atoms. The lowest BCUT2D eigenvalue weighted by atomic mass is 9.90. The molecule has 0 aromatic carbocycles. The van der Waals surface area contributed by atoms with Gasteiger partial charge >= 0.3 is 0 Å². The quantitative estimate of drug-likeness (QED) is 0.519. The monoisotopic (exact) mass is 158 g/mol. The fourth-order valence-electron chi connectivity index (χ4n) is 1.86. The van der Waals surface area contributed by atoms with Gasteiger partial charge in [-0.1, -0.05) is 11.9 Å². The minimum Gasteiger partial charge on any atom is -0.316 e. The first kappa shape index (κ1) is 6.95. The topological polar surface area (TPSA) is 15.3 Å². The van der Waals surface area contributed by atoms with E-state index in [1.165, 1.54) is 31.8 Å². The first-order chi connectivity index (χ1) is 4.81. The Morgan fingerprint density at radius 2 is 2.50 bits per heavy atom. The maximum absolute atomic E-state index is 3.44. The van der Waals surface area contributed by atoms with Crippen molar-refractivity contribution in [3.63, 3.8) is 0 Å². The van der Waals surface area contributed by atoms with Crippen molar-refractivity contribution in [2.24, 2.45) is 5.41 Å². The fraction of sp³-hybridized carbons (Fsp3) is 1.00. The highest BCUT2D eigenvalue weighted by Gasteiger charge is 2.39. The molecule has 1 unspecified atom stereocenters. The van der Waals surface area contributed by atoms with Crippen LogP contribution in [0.25, 0.3) is 0 Å². The Balaban J connectivity index is 2.03. The Labute approximate surface area is 66.5 Å². The van der Waals surface area contributed by atoms with Crippen LogP contribution in [0, 0.1) is 5.41 Å². The normalized spacial score (nSPS) is 41.7. The maximum atomic E-state index is 3.44. The second-order valence-electron chi connectivity index (χ2n) is 3.49. The molecule has 0 aliphatic carbocycles. The molecule has 2 rings (SSSR count). The van der Waals surface area contributed by atoms with Crippen LogP contribution in [0.3, 0.4) is 0 Å². The Kier molecular flexibility index (Phi) is 1.66. The van der Waals surface area contributed by atoms with Gasteiger partial charge < -0.3 is 5.32 Å². The van der Waals surface area contributed by atoms with Crippen molar-refractivity contribution in [2.75, 3.05) is 32.4 Å². The molecular formula is C7H14N2S. The van der Waals surface area contributed by atoms with Crippen LogP contribution >= 0.6 is 11.9 Å². The third kappa shape index (κ3) is 1.06. The third-order valence-electron chi connectivity index (χ3n) is 2.48. The molecular weight excluding hydrogens is 144 g/mol. The predicted octanol–water partition coefficient (Wildman–Crippen LogP) is 0.560. The second-order valence-corrected chi connectivity index (χ2v) is 4.66. The summed E-state index contributed by atoms with van der Waals surface area (Å²) in [5.41, 5.74) is 0.638. The van der Waals surface area contributed by atoms with E-state index in [-0.39, 0.29) is 0 Å². The molecule has 1 spiro atoms. The summed E-state index contributed by atoms with van der Waals surface area (Å²) in [6.45, 7) is 3.75. The van der Waals surface area contributed by atoms with E-state index < -0.39 is 0 Å². The van der Waals surface area contributed by atoms with Gasteiger partial charge in [0.2, 0.25) is 0 Å². The number of nitrogens with zero attached hydrogens (tertiary/aromatic N) is 1. The van der Waals surface area contributed by atoms with Gasteiger partial charge in [0.05, 0.1) is 0 Å². The average molecular weight is 158 g/mol. The van der Waals surface area contributed by atoms with E-state index in [2.05, 4.69) is 16.7 Å². The van der Waals surface area contributed by atoms with E-state index in [1.54, 1.807) is 0 Å². The lowest BCUT2D eigenvalue weighted by Crippen LogP contribution is -2.29. The summed E-state index contributed by atoms with van der Waals surface area (Å²) in [4.78, 5) is 0. The molecule has 10 heavy (non-hydrogen) atoms. The summed E-state index contributed by atoms with van der Waals surface area (Å²) < 4.78 is 2.37. The van der Waals surface area contributed by atoms with Gasteiger partial charge in [-0.05, 0) is 20.0 Å². The molecule has 2 heterocycles. The molecule has 2 nitrogen and oxygen atoms in total. The van der Waals surface area contributed by atoms with Crippen LogP contribution in [0.1, 0.15) is 6.42 Å². The van der Waals surface area contributed by atoms with Gasteiger partial charge in [0.25, 0.3) is 0 Å². The fourth-order valence-corrected chi connectivity index (χ4v) is 3.06. The maximum Gasteiger partial charge on any atom is 0.0164 e. The van der Waals surface area contributed by atoms with E-state index in [0.29, 0.717) is 5.41 Å². The highest BCUT2D eigenvalue weighted by atomic mass is 32.2. The molecule has 58 valence electrons. The van der Waals surface area contributed by atoms with Gasteiger partial charge in [-0.15, -0.1) is 0 Å². The molecule has 2 saturated heterocycles. The minimum absolute atomic E-state index is 0.638. The molecule has 0 aromatic rings. The number of rotatable bonds is 0. The van der Waals surface area contributed by atoms with Crippen molar-refractivity contribution >= 4 is 11.9 Å². The Hall–Kier alpha value is 0.270. The zero-order valence-electron chi connectivity index (χ0n) is 6.39. The van der Waals surface area contributed by atoms with Gasteiger partial charge in [0, 0.05) is 24.3 Å². The molecule has 0 aromatic heterocycles. The summed E-state index contributed by atoms with van der Waals surface area (Å²) >= 11 is 1.99. The summed E-state index contributed by atoms with van der Waals surface area (Å²) in [7, 11) is 2.19. The Morgan fingerprint density at radius 3 is 3.00 bits per heavy atom. The lowest BCUT2D eigenvalue weighted by molar-refractivity contribution is 0.334. The molecule has 2 fully saturated rings. The van der Waals surface area contributed by atoms with Gasteiger partial charge in [0.15, 0.2) is 0 Å². The number of hydrogen-bond acceptors (Lipinski definition) is 3. The summed E-state index contributed by atoms with van der Waals surface area (Å²) in [6.07, 6.45) is 1.38. The third-order valence-corrected chi connectivity index (χ3v) is 3.79. The summed E-state index contributed by atoms with van der Waals surface area (Å²) in [5, 5.41) is 3.44. The first-order valence-electron chi connectivity index (χ1n) is 3.86. The van der Waals surface area contributed by atoms with Gasteiger partial charge in [-0.2, -0.15) is 0 Å². The standard InChI is InChI=1S/C7H14N2S/c1-9-5-7(6-10-9)2-3-8-4-7/h8H,2-6H2,1H3. The molecule has 0 radical (unpaired) electrons. The Bertz CT molecular complexity index is 132. The summed E-state index contributed by atoms with van der Waals surface area (Å²) in [5.74, 6) is 1.33. The SMILES string of the molecule is CN1CC2(CCNC2)CS1. The van der Waals surface area contributed by atoms with Crippen LogP contribution in [-0.4, -0.2) is 36.7 Å².